The molecule has 2 aromatic rings. The maximum absolute atomic E-state index is 5.47. The summed E-state index contributed by atoms with van der Waals surface area (Å²) in [6.45, 7) is 6.03. The predicted octanol–water partition coefficient (Wildman–Crippen LogP) is 2.94. The predicted molar refractivity (Wildman–Crippen MR) is 84.4 cm³/mol. The van der Waals surface area contributed by atoms with Gasteiger partial charge in [-0.1, -0.05) is 0 Å². The van der Waals surface area contributed by atoms with Gasteiger partial charge in [-0.2, -0.15) is 0 Å². The van der Waals surface area contributed by atoms with Crippen LogP contribution in [0.4, 0.5) is 5.82 Å². The molecule has 3 rings (SSSR count). The zero-order valence-electron chi connectivity index (χ0n) is 12.7. The quantitative estimate of drug-likeness (QED) is 0.872. The lowest BCUT2D eigenvalue weighted by molar-refractivity contribution is 0.402. The van der Waals surface area contributed by atoms with Crippen LogP contribution >= 0.6 is 11.3 Å². The first-order chi connectivity index (χ1) is 10.2. The summed E-state index contributed by atoms with van der Waals surface area (Å²) in [5.74, 6) is 2.29. The van der Waals surface area contributed by atoms with Gasteiger partial charge in [-0.15, -0.1) is 11.3 Å². The minimum Gasteiger partial charge on any atom is -0.491 e. The van der Waals surface area contributed by atoms with Gasteiger partial charge in [0.05, 0.1) is 17.8 Å². The first kappa shape index (κ1) is 14.3. The molecule has 0 N–H and O–H groups in total. The van der Waals surface area contributed by atoms with E-state index in [4.69, 9.17) is 4.74 Å². The third kappa shape index (κ3) is 2.85. The molecule has 0 aromatic carbocycles. The first-order valence-electron chi connectivity index (χ1n) is 7.22. The Balaban J connectivity index is 1.73. The summed E-state index contributed by atoms with van der Waals surface area (Å²) in [5, 5.41) is 1.28. The average molecular weight is 304 g/mol. The van der Waals surface area contributed by atoms with Gasteiger partial charge >= 0.3 is 0 Å². The highest BCUT2D eigenvalue weighted by atomic mass is 32.1. The van der Waals surface area contributed by atoms with Gasteiger partial charge in [-0.3, -0.25) is 0 Å². The molecule has 0 bridgehead atoms. The topological polar surface area (TPSA) is 51.1 Å². The van der Waals surface area contributed by atoms with Crippen LogP contribution in [0.15, 0.2) is 12.5 Å². The molecule has 0 radical (unpaired) electrons. The smallest absolute Gasteiger partial charge is 0.182 e. The molecular formula is C15H20N4OS. The Hall–Kier alpha value is -1.69. The number of hydrogen-bond acceptors (Lipinski definition) is 6. The molecule has 1 fully saturated rings. The molecule has 0 saturated carbocycles. The van der Waals surface area contributed by atoms with Crippen molar-refractivity contribution in [3.8, 4) is 5.75 Å². The zero-order chi connectivity index (χ0) is 14.8. The monoisotopic (exact) mass is 304 g/mol. The average Bonchev–Trinajstić information content (AvgIpc) is 2.94. The number of aryl methyl sites for hydroxylation is 2. The fourth-order valence-corrected chi connectivity index (χ4v) is 3.76. The van der Waals surface area contributed by atoms with Crippen LogP contribution in [0.25, 0.3) is 0 Å². The summed E-state index contributed by atoms with van der Waals surface area (Å²) in [5.41, 5.74) is 0.889. The normalized spacial score (nSPS) is 16.2. The van der Waals surface area contributed by atoms with Crippen LogP contribution in [-0.2, 0) is 0 Å². The summed E-state index contributed by atoms with van der Waals surface area (Å²) in [6, 6.07) is 0. The van der Waals surface area contributed by atoms with Gasteiger partial charge < -0.3 is 9.64 Å². The SMILES string of the molecule is COc1c(C)ncnc1N1CCC(c2ncc(C)s2)CC1. The minimum absolute atomic E-state index is 0.578. The molecule has 0 unspecified atom stereocenters. The number of thiazole rings is 1. The van der Waals surface area contributed by atoms with Crippen molar-refractivity contribution < 1.29 is 4.74 Å². The summed E-state index contributed by atoms with van der Waals surface area (Å²) in [6.07, 6.45) is 5.81. The van der Waals surface area contributed by atoms with Gasteiger partial charge in [0.1, 0.15) is 6.33 Å². The summed E-state index contributed by atoms with van der Waals surface area (Å²) in [7, 11) is 1.68. The highest BCUT2D eigenvalue weighted by molar-refractivity contribution is 7.11. The summed E-state index contributed by atoms with van der Waals surface area (Å²) < 4.78 is 5.47. The van der Waals surface area contributed by atoms with Crippen molar-refractivity contribution in [3.05, 3.63) is 28.1 Å². The Kier molecular flexibility index (Phi) is 4.05. The van der Waals surface area contributed by atoms with E-state index in [0.717, 1.165) is 43.2 Å². The number of piperidine rings is 1. The van der Waals surface area contributed by atoms with E-state index in [1.165, 1.54) is 9.88 Å². The second kappa shape index (κ2) is 5.97. The Morgan fingerprint density at radius 1 is 1.19 bits per heavy atom. The maximum atomic E-state index is 5.47. The van der Waals surface area contributed by atoms with E-state index < -0.39 is 0 Å². The lowest BCUT2D eigenvalue weighted by atomic mass is 9.97. The first-order valence-corrected chi connectivity index (χ1v) is 8.03. The fourth-order valence-electron chi connectivity index (χ4n) is 2.81. The molecule has 1 aliphatic rings. The molecule has 2 aromatic heterocycles. The van der Waals surface area contributed by atoms with Gasteiger partial charge in [0.15, 0.2) is 11.6 Å². The van der Waals surface area contributed by atoms with Crippen LogP contribution in [0.3, 0.4) is 0 Å². The lowest BCUT2D eigenvalue weighted by Gasteiger charge is -2.32. The molecule has 0 amide bonds. The van der Waals surface area contributed by atoms with Crippen molar-refractivity contribution in [3.63, 3.8) is 0 Å². The third-order valence-corrected chi connectivity index (χ3v) is 5.03. The van der Waals surface area contributed by atoms with E-state index >= 15 is 0 Å². The van der Waals surface area contributed by atoms with Crippen molar-refractivity contribution in [2.75, 3.05) is 25.1 Å². The van der Waals surface area contributed by atoms with E-state index in [1.807, 2.05) is 24.5 Å². The molecule has 0 atom stereocenters. The van der Waals surface area contributed by atoms with Crippen LogP contribution < -0.4 is 9.64 Å². The molecule has 0 spiro atoms. The van der Waals surface area contributed by atoms with Gasteiger partial charge in [-0.05, 0) is 26.7 Å². The second-order valence-corrected chi connectivity index (χ2v) is 6.65. The second-order valence-electron chi connectivity index (χ2n) is 5.39. The number of anilines is 1. The standard InChI is InChI=1S/C15H20N4OS/c1-10-8-16-15(21-10)12-4-6-19(7-5-12)14-13(20-3)11(2)17-9-18-14/h8-9,12H,4-7H2,1-3H3. The van der Waals surface area contributed by atoms with Crippen LogP contribution in [0.5, 0.6) is 5.75 Å². The summed E-state index contributed by atoms with van der Waals surface area (Å²) >= 11 is 1.82. The Morgan fingerprint density at radius 3 is 2.57 bits per heavy atom. The Labute approximate surface area is 129 Å². The van der Waals surface area contributed by atoms with E-state index in [2.05, 4.69) is 26.8 Å². The van der Waals surface area contributed by atoms with E-state index in [9.17, 15) is 0 Å². The molecule has 3 heterocycles. The van der Waals surface area contributed by atoms with Crippen LogP contribution in [0.2, 0.25) is 0 Å². The largest absolute Gasteiger partial charge is 0.491 e. The molecule has 1 saturated heterocycles. The molecule has 1 aliphatic heterocycles. The number of hydrogen-bond donors (Lipinski definition) is 0. The van der Waals surface area contributed by atoms with Crippen molar-refractivity contribution in [2.45, 2.75) is 32.6 Å². The molecule has 5 nitrogen and oxygen atoms in total. The van der Waals surface area contributed by atoms with Crippen LogP contribution in [0, 0.1) is 13.8 Å². The molecule has 21 heavy (non-hydrogen) atoms. The number of methoxy groups -OCH3 is 1. The number of ether oxygens (including phenoxy) is 1. The van der Waals surface area contributed by atoms with Crippen LogP contribution in [-0.4, -0.2) is 35.2 Å². The van der Waals surface area contributed by atoms with Crippen molar-refractivity contribution in [1.82, 2.24) is 15.0 Å². The Bertz CT molecular complexity index is 620. The van der Waals surface area contributed by atoms with Crippen molar-refractivity contribution in [1.29, 1.82) is 0 Å². The third-order valence-electron chi connectivity index (χ3n) is 3.95. The lowest BCUT2D eigenvalue weighted by Crippen LogP contribution is -2.34. The van der Waals surface area contributed by atoms with Gasteiger partial charge in [0, 0.05) is 30.1 Å². The van der Waals surface area contributed by atoms with Gasteiger partial charge in [0.2, 0.25) is 0 Å². The fraction of sp³-hybridized carbons (Fsp3) is 0.533. The molecule has 112 valence electrons. The number of nitrogens with zero attached hydrogens (tertiary/aromatic N) is 4. The number of rotatable bonds is 3. The van der Waals surface area contributed by atoms with Gasteiger partial charge in [0.25, 0.3) is 0 Å². The van der Waals surface area contributed by atoms with E-state index in [1.54, 1.807) is 13.4 Å². The zero-order valence-corrected chi connectivity index (χ0v) is 13.5. The van der Waals surface area contributed by atoms with E-state index in [0.29, 0.717) is 5.92 Å². The minimum atomic E-state index is 0.578. The molecular weight excluding hydrogens is 284 g/mol. The number of aromatic nitrogens is 3. The highest BCUT2D eigenvalue weighted by Gasteiger charge is 2.25. The Morgan fingerprint density at radius 2 is 1.95 bits per heavy atom. The molecule has 6 heteroatoms. The maximum Gasteiger partial charge on any atom is 0.182 e. The molecule has 0 aliphatic carbocycles. The van der Waals surface area contributed by atoms with Crippen molar-refractivity contribution in [2.24, 2.45) is 0 Å². The van der Waals surface area contributed by atoms with Gasteiger partial charge in [-0.25, -0.2) is 15.0 Å². The van der Waals surface area contributed by atoms with E-state index in [-0.39, 0.29) is 0 Å². The van der Waals surface area contributed by atoms with Crippen LogP contribution in [0.1, 0.15) is 34.3 Å². The summed E-state index contributed by atoms with van der Waals surface area (Å²) in [4.78, 5) is 16.7. The van der Waals surface area contributed by atoms with Crippen molar-refractivity contribution >= 4 is 17.2 Å². The highest BCUT2D eigenvalue weighted by Crippen LogP contribution is 2.35.